The fourth-order valence-corrected chi connectivity index (χ4v) is 4.47. The zero-order valence-corrected chi connectivity index (χ0v) is 19.5. The fraction of sp³-hybridized carbons (Fsp3) is 0.143. The van der Waals surface area contributed by atoms with Crippen LogP contribution >= 0.6 is 0 Å². The Hall–Kier alpha value is -4.33. The van der Waals surface area contributed by atoms with Crippen molar-refractivity contribution in [3.63, 3.8) is 0 Å². The smallest absolute Gasteiger partial charge is 0.245 e. The second kappa shape index (κ2) is 9.76. The van der Waals surface area contributed by atoms with Crippen molar-refractivity contribution in [3.8, 4) is 6.07 Å². The van der Waals surface area contributed by atoms with E-state index in [-0.39, 0.29) is 27.9 Å². The predicted octanol–water partition coefficient (Wildman–Crippen LogP) is 8.39. The van der Waals surface area contributed by atoms with E-state index in [1.807, 2.05) is 0 Å². The number of alkyl halides is 9. The molecular formula is C28H15F9N2. The molecule has 0 unspecified atom stereocenters. The van der Waals surface area contributed by atoms with Crippen molar-refractivity contribution in [2.24, 2.45) is 0 Å². The summed E-state index contributed by atoms with van der Waals surface area (Å²) in [5.74, 6) is 0. The van der Waals surface area contributed by atoms with Gasteiger partial charge in [-0.2, -0.15) is 44.8 Å². The van der Waals surface area contributed by atoms with E-state index >= 15 is 0 Å². The standard InChI is InChI=1S/C28H15F9N2/c29-26(30,31)20-7-1-4-17(12-20)25(23-10-11-24(15-38)39-16-23,18-5-2-8-21(13-18)27(32,33)34)19-6-3-9-22(14-19)28(35,36)37/h1-14,16H. The van der Waals surface area contributed by atoms with Crippen LogP contribution in [0.25, 0.3) is 0 Å². The number of halogens is 9. The Bertz CT molecular complexity index is 1390. The molecule has 0 saturated carbocycles. The second-order valence-corrected chi connectivity index (χ2v) is 8.53. The average molecular weight is 550 g/mol. The maximum absolute atomic E-state index is 13.8. The molecule has 0 bridgehead atoms. The number of pyridine rings is 1. The lowest BCUT2D eigenvalue weighted by Gasteiger charge is -2.37. The van der Waals surface area contributed by atoms with Gasteiger partial charge >= 0.3 is 18.5 Å². The number of rotatable bonds is 4. The van der Waals surface area contributed by atoms with Gasteiger partial charge in [0.05, 0.1) is 22.1 Å². The Labute approximate surface area is 216 Å². The molecule has 0 atom stereocenters. The van der Waals surface area contributed by atoms with Gasteiger partial charge in [-0.25, -0.2) is 4.98 Å². The molecule has 39 heavy (non-hydrogen) atoms. The molecule has 0 aliphatic rings. The first-order chi connectivity index (χ1) is 18.2. The van der Waals surface area contributed by atoms with Crippen molar-refractivity contribution in [1.82, 2.24) is 4.98 Å². The van der Waals surface area contributed by atoms with Crippen LogP contribution in [0.15, 0.2) is 91.1 Å². The Balaban J connectivity index is 2.21. The van der Waals surface area contributed by atoms with E-state index in [0.717, 1.165) is 42.6 Å². The van der Waals surface area contributed by atoms with Gasteiger partial charge in [-0.05, 0) is 46.5 Å². The first-order valence-corrected chi connectivity index (χ1v) is 11.1. The van der Waals surface area contributed by atoms with Gasteiger partial charge in [-0.3, -0.25) is 0 Å². The second-order valence-electron chi connectivity index (χ2n) is 8.53. The lowest BCUT2D eigenvalue weighted by Crippen LogP contribution is -2.32. The number of hydrogen-bond acceptors (Lipinski definition) is 2. The Morgan fingerprint density at radius 2 is 0.846 bits per heavy atom. The predicted molar refractivity (Wildman–Crippen MR) is 122 cm³/mol. The molecule has 3 aromatic carbocycles. The molecule has 0 aliphatic heterocycles. The quantitative estimate of drug-likeness (QED) is 0.189. The Kier molecular flexibility index (Phi) is 6.93. The molecule has 1 heterocycles. The molecular weight excluding hydrogens is 535 g/mol. The van der Waals surface area contributed by atoms with Crippen LogP contribution in [0, 0.1) is 11.3 Å². The maximum Gasteiger partial charge on any atom is 0.416 e. The summed E-state index contributed by atoms with van der Waals surface area (Å²) in [4.78, 5) is 3.93. The molecule has 11 heteroatoms. The number of benzene rings is 3. The van der Waals surface area contributed by atoms with E-state index in [9.17, 15) is 44.8 Å². The number of nitrogens with zero attached hydrogens (tertiary/aromatic N) is 2. The van der Waals surface area contributed by atoms with Crippen LogP contribution in [0.2, 0.25) is 0 Å². The van der Waals surface area contributed by atoms with Crippen LogP contribution in [0.3, 0.4) is 0 Å². The van der Waals surface area contributed by atoms with Gasteiger partial charge in [0.2, 0.25) is 0 Å². The highest BCUT2D eigenvalue weighted by molar-refractivity contribution is 5.61. The van der Waals surface area contributed by atoms with E-state index < -0.39 is 40.6 Å². The molecule has 0 saturated heterocycles. The minimum Gasteiger partial charge on any atom is -0.245 e. The lowest BCUT2D eigenvalue weighted by atomic mass is 9.65. The number of nitriles is 1. The third-order valence-electron chi connectivity index (χ3n) is 6.18. The van der Waals surface area contributed by atoms with Crippen molar-refractivity contribution in [2.45, 2.75) is 23.9 Å². The summed E-state index contributed by atoms with van der Waals surface area (Å²) in [5, 5.41) is 9.17. The molecule has 200 valence electrons. The topological polar surface area (TPSA) is 36.7 Å². The highest BCUT2D eigenvalue weighted by Gasteiger charge is 2.43. The Morgan fingerprint density at radius 1 is 0.487 bits per heavy atom. The SMILES string of the molecule is N#Cc1ccc(C(c2cccc(C(F)(F)F)c2)(c2cccc(C(F)(F)F)c2)c2cccc(C(F)(F)F)c2)cn1. The maximum atomic E-state index is 13.8. The fourth-order valence-electron chi connectivity index (χ4n) is 4.47. The summed E-state index contributed by atoms with van der Waals surface area (Å²) in [6.45, 7) is 0. The zero-order chi connectivity index (χ0) is 28.6. The van der Waals surface area contributed by atoms with Crippen LogP contribution in [0.4, 0.5) is 39.5 Å². The summed E-state index contributed by atoms with van der Waals surface area (Å²) < 4.78 is 124. The van der Waals surface area contributed by atoms with E-state index in [1.165, 1.54) is 30.3 Å². The van der Waals surface area contributed by atoms with Crippen molar-refractivity contribution >= 4 is 0 Å². The lowest BCUT2D eigenvalue weighted by molar-refractivity contribution is -0.138. The normalized spacial score (nSPS) is 12.7. The number of aromatic nitrogens is 1. The average Bonchev–Trinajstić information content (AvgIpc) is 2.89. The first kappa shape index (κ1) is 27.7. The van der Waals surface area contributed by atoms with E-state index in [2.05, 4.69) is 4.98 Å². The van der Waals surface area contributed by atoms with Gasteiger partial charge < -0.3 is 0 Å². The van der Waals surface area contributed by atoms with Crippen molar-refractivity contribution in [3.05, 3.63) is 136 Å². The van der Waals surface area contributed by atoms with Gasteiger partial charge in [0.15, 0.2) is 0 Å². The molecule has 4 rings (SSSR count). The van der Waals surface area contributed by atoms with Crippen molar-refractivity contribution in [2.75, 3.05) is 0 Å². The van der Waals surface area contributed by atoms with Gasteiger partial charge in [-0.1, -0.05) is 60.7 Å². The first-order valence-electron chi connectivity index (χ1n) is 11.1. The van der Waals surface area contributed by atoms with E-state index in [1.54, 1.807) is 6.07 Å². The van der Waals surface area contributed by atoms with Gasteiger partial charge in [0.1, 0.15) is 11.8 Å². The summed E-state index contributed by atoms with van der Waals surface area (Å²) >= 11 is 0. The third-order valence-corrected chi connectivity index (χ3v) is 6.18. The van der Waals surface area contributed by atoms with Crippen LogP contribution in [-0.2, 0) is 23.9 Å². The largest absolute Gasteiger partial charge is 0.416 e. The minimum absolute atomic E-state index is 0.0560. The van der Waals surface area contributed by atoms with Gasteiger partial charge in [0, 0.05) is 6.20 Å². The summed E-state index contributed by atoms with van der Waals surface area (Å²) in [6.07, 6.45) is -13.6. The van der Waals surface area contributed by atoms with Crippen LogP contribution in [-0.4, -0.2) is 4.98 Å². The van der Waals surface area contributed by atoms with Gasteiger partial charge in [0.25, 0.3) is 0 Å². The minimum atomic E-state index is -4.87. The number of hydrogen-bond donors (Lipinski definition) is 0. The highest BCUT2D eigenvalue weighted by Crippen LogP contribution is 2.48. The molecule has 0 amide bonds. The molecule has 0 radical (unpaired) electrons. The molecule has 0 fully saturated rings. The molecule has 2 nitrogen and oxygen atoms in total. The monoisotopic (exact) mass is 550 g/mol. The van der Waals surface area contributed by atoms with E-state index in [4.69, 9.17) is 0 Å². The Morgan fingerprint density at radius 3 is 1.13 bits per heavy atom. The van der Waals surface area contributed by atoms with Crippen LogP contribution in [0.1, 0.15) is 44.6 Å². The molecule has 0 spiro atoms. The summed E-state index contributed by atoms with van der Waals surface area (Å²) in [5.41, 5.74) is -6.58. The molecule has 4 aromatic rings. The molecule has 0 aliphatic carbocycles. The summed E-state index contributed by atoms with van der Waals surface area (Å²) in [7, 11) is 0. The van der Waals surface area contributed by atoms with Crippen LogP contribution in [0.5, 0.6) is 0 Å². The van der Waals surface area contributed by atoms with E-state index in [0.29, 0.717) is 18.2 Å². The van der Waals surface area contributed by atoms with Gasteiger partial charge in [-0.15, -0.1) is 0 Å². The van der Waals surface area contributed by atoms with Crippen molar-refractivity contribution in [1.29, 1.82) is 5.26 Å². The third kappa shape index (κ3) is 5.32. The highest BCUT2D eigenvalue weighted by atomic mass is 19.4. The zero-order valence-electron chi connectivity index (χ0n) is 19.5. The molecule has 0 N–H and O–H groups in total. The van der Waals surface area contributed by atoms with Crippen molar-refractivity contribution < 1.29 is 39.5 Å². The summed E-state index contributed by atoms with van der Waals surface area (Å²) in [6, 6.07) is 15.1. The molecule has 1 aromatic heterocycles. The van der Waals surface area contributed by atoms with Crippen LogP contribution < -0.4 is 0 Å².